The molecule has 0 spiro atoms. The standard InChI is InChI=1S/C32H41FN8O2/c1-4-30(42)41-15-14-38(18-24(41)11-12-34)31-25-10-9-23(40-13-5-6-21-7-8-22(33)16-28(21)40)17-26(25)36-32(37-31)39-19-27(35-2)29(20-39)43-3/h4,7-8,16,23-24,27,29,35H,1,5-6,9-11,13-15,17-20H2,2-3H3/t23-,24+,27?,29?/m1/s1. The summed E-state index contributed by atoms with van der Waals surface area (Å²) in [5.41, 5.74) is 4.39. The smallest absolute Gasteiger partial charge is 0.246 e. The number of likely N-dealkylation sites (N-methyl/N-ethyl adjacent to an activating group) is 1. The first kappa shape index (κ1) is 29.3. The van der Waals surface area contributed by atoms with E-state index in [0.717, 1.165) is 68.0 Å². The van der Waals surface area contributed by atoms with Gasteiger partial charge in [-0.05, 0) is 56.5 Å². The third-order valence-electron chi connectivity index (χ3n) is 9.65. The number of halogens is 1. The van der Waals surface area contributed by atoms with E-state index in [9.17, 15) is 14.4 Å². The molecule has 3 aliphatic heterocycles. The number of methoxy groups -OCH3 is 1. The molecule has 2 aromatic rings. The molecule has 1 aromatic heterocycles. The number of nitrogens with zero attached hydrogens (tertiary/aromatic N) is 7. The third-order valence-corrected chi connectivity index (χ3v) is 9.65. The molecule has 43 heavy (non-hydrogen) atoms. The molecule has 2 fully saturated rings. The molecule has 10 nitrogen and oxygen atoms in total. The van der Waals surface area contributed by atoms with Gasteiger partial charge in [-0.1, -0.05) is 12.6 Å². The molecule has 4 atom stereocenters. The molecule has 0 saturated carbocycles. The van der Waals surface area contributed by atoms with Crippen molar-refractivity contribution in [2.24, 2.45) is 0 Å². The Hall–Kier alpha value is -3.75. The summed E-state index contributed by atoms with van der Waals surface area (Å²) in [6.07, 6.45) is 6.10. The Morgan fingerprint density at radius 2 is 2.07 bits per heavy atom. The first-order valence-electron chi connectivity index (χ1n) is 15.4. The zero-order chi connectivity index (χ0) is 30.1. The molecule has 11 heteroatoms. The van der Waals surface area contributed by atoms with Crippen molar-refractivity contribution in [1.82, 2.24) is 20.2 Å². The molecule has 1 aromatic carbocycles. The molecule has 0 radical (unpaired) electrons. The van der Waals surface area contributed by atoms with Crippen LogP contribution in [-0.4, -0.2) is 98.4 Å². The molecule has 2 saturated heterocycles. The number of anilines is 3. The average molecular weight is 589 g/mol. The van der Waals surface area contributed by atoms with Crippen molar-refractivity contribution in [2.75, 3.05) is 68.1 Å². The van der Waals surface area contributed by atoms with Gasteiger partial charge in [0.05, 0.1) is 36.4 Å². The second-order valence-corrected chi connectivity index (χ2v) is 12.0. The Bertz CT molecular complexity index is 1400. The Morgan fingerprint density at radius 1 is 1.21 bits per heavy atom. The van der Waals surface area contributed by atoms with Crippen LogP contribution in [0.3, 0.4) is 0 Å². The second kappa shape index (κ2) is 12.5. The molecule has 2 unspecified atom stereocenters. The number of ether oxygens (including phenoxy) is 1. The third kappa shape index (κ3) is 5.66. The minimum Gasteiger partial charge on any atom is -0.378 e. The first-order valence-corrected chi connectivity index (χ1v) is 15.4. The fraction of sp³-hybridized carbons (Fsp3) is 0.562. The van der Waals surface area contributed by atoms with Crippen molar-refractivity contribution in [2.45, 2.75) is 62.8 Å². The Kier molecular flexibility index (Phi) is 8.50. The van der Waals surface area contributed by atoms with Gasteiger partial charge in [-0.2, -0.15) is 10.2 Å². The Labute approximate surface area is 253 Å². The SMILES string of the molecule is C=CC(=O)N1CCN(c2nc(N3CC(NC)C(OC)C3)nc3c2CC[C@@H](N2CCCc4ccc(F)cc42)C3)C[C@@H]1CC#N. The number of hydrogen-bond acceptors (Lipinski definition) is 9. The van der Waals surface area contributed by atoms with Crippen LogP contribution in [0.15, 0.2) is 30.9 Å². The number of carbonyl (C=O) groups is 1. The van der Waals surface area contributed by atoms with E-state index in [1.165, 1.54) is 11.6 Å². The highest BCUT2D eigenvalue weighted by Gasteiger charge is 2.38. The lowest BCUT2D eigenvalue weighted by Crippen LogP contribution is -2.55. The zero-order valence-corrected chi connectivity index (χ0v) is 25.1. The number of rotatable bonds is 7. The summed E-state index contributed by atoms with van der Waals surface area (Å²) >= 11 is 0. The molecular weight excluding hydrogens is 547 g/mol. The monoisotopic (exact) mass is 588 g/mol. The molecule has 0 bridgehead atoms. The number of fused-ring (bicyclic) bond motifs is 2. The summed E-state index contributed by atoms with van der Waals surface area (Å²) < 4.78 is 20.1. The number of piperazine rings is 1. The van der Waals surface area contributed by atoms with Gasteiger partial charge in [0.2, 0.25) is 11.9 Å². The van der Waals surface area contributed by atoms with Gasteiger partial charge < -0.3 is 29.7 Å². The minimum atomic E-state index is -0.243. The average Bonchev–Trinajstić information content (AvgIpc) is 3.47. The van der Waals surface area contributed by atoms with Crippen molar-refractivity contribution < 1.29 is 13.9 Å². The number of carbonyl (C=O) groups excluding carboxylic acids is 1. The maximum Gasteiger partial charge on any atom is 0.246 e. The number of benzene rings is 1. The van der Waals surface area contributed by atoms with Crippen LogP contribution in [0, 0.1) is 17.1 Å². The van der Waals surface area contributed by atoms with Crippen LogP contribution in [0.4, 0.5) is 21.8 Å². The number of aryl methyl sites for hydroxylation is 1. The highest BCUT2D eigenvalue weighted by molar-refractivity contribution is 5.87. The van der Waals surface area contributed by atoms with Crippen LogP contribution in [0.1, 0.15) is 36.1 Å². The largest absolute Gasteiger partial charge is 0.378 e. The molecule has 4 aliphatic rings. The Balaban J connectivity index is 1.35. The lowest BCUT2D eigenvalue weighted by molar-refractivity contribution is -0.128. The number of aromatic nitrogens is 2. The van der Waals surface area contributed by atoms with Crippen LogP contribution >= 0.6 is 0 Å². The number of hydrogen-bond donors (Lipinski definition) is 1. The van der Waals surface area contributed by atoms with Gasteiger partial charge in [-0.3, -0.25) is 4.79 Å². The normalized spacial score (nSPS) is 25.3. The van der Waals surface area contributed by atoms with Gasteiger partial charge in [-0.15, -0.1) is 0 Å². The van der Waals surface area contributed by atoms with Crippen LogP contribution < -0.4 is 20.0 Å². The first-order chi connectivity index (χ1) is 20.9. The molecule has 1 aliphatic carbocycles. The van der Waals surface area contributed by atoms with Gasteiger partial charge in [0.1, 0.15) is 11.6 Å². The van der Waals surface area contributed by atoms with Crippen molar-refractivity contribution in [3.05, 3.63) is 53.5 Å². The summed E-state index contributed by atoms with van der Waals surface area (Å²) in [7, 11) is 3.68. The topological polar surface area (TPSA) is 101 Å². The number of nitriles is 1. The minimum absolute atomic E-state index is 0.0223. The molecule has 4 heterocycles. The molecule has 1 N–H and O–H groups in total. The summed E-state index contributed by atoms with van der Waals surface area (Å²) in [6.45, 7) is 7.62. The van der Waals surface area contributed by atoms with Crippen LogP contribution in [0.5, 0.6) is 0 Å². The van der Waals surface area contributed by atoms with Gasteiger partial charge >= 0.3 is 0 Å². The summed E-state index contributed by atoms with van der Waals surface area (Å²) in [5.74, 6) is 1.24. The van der Waals surface area contributed by atoms with Gasteiger partial charge in [0, 0.05) is 70.1 Å². The van der Waals surface area contributed by atoms with Crippen molar-refractivity contribution >= 4 is 23.4 Å². The van der Waals surface area contributed by atoms with E-state index in [-0.39, 0.29) is 42.4 Å². The molecular formula is C32H41FN8O2. The van der Waals surface area contributed by atoms with E-state index in [1.807, 2.05) is 13.1 Å². The van der Waals surface area contributed by atoms with Crippen molar-refractivity contribution in [1.29, 1.82) is 5.26 Å². The summed E-state index contributed by atoms with van der Waals surface area (Å²) in [4.78, 5) is 31.5. The predicted molar refractivity (Wildman–Crippen MR) is 164 cm³/mol. The molecule has 228 valence electrons. The lowest BCUT2D eigenvalue weighted by atomic mass is 9.88. The summed E-state index contributed by atoms with van der Waals surface area (Å²) in [5, 5.41) is 12.9. The quantitative estimate of drug-likeness (QED) is 0.489. The number of nitrogens with one attached hydrogen (secondary N) is 1. The maximum atomic E-state index is 14.3. The van der Waals surface area contributed by atoms with E-state index >= 15 is 0 Å². The number of amides is 1. The van der Waals surface area contributed by atoms with E-state index in [0.29, 0.717) is 32.1 Å². The maximum absolute atomic E-state index is 14.3. The van der Waals surface area contributed by atoms with Crippen LogP contribution in [0.2, 0.25) is 0 Å². The fourth-order valence-corrected chi connectivity index (χ4v) is 7.38. The van der Waals surface area contributed by atoms with Crippen molar-refractivity contribution in [3.8, 4) is 6.07 Å². The van der Waals surface area contributed by atoms with Gasteiger partial charge in [0.15, 0.2) is 0 Å². The van der Waals surface area contributed by atoms with Crippen LogP contribution in [-0.2, 0) is 28.8 Å². The second-order valence-electron chi connectivity index (χ2n) is 12.0. The summed E-state index contributed by atoms with van der Waals surface area (Å²) in [6, 6.07) is 7.58. The zero-order valence-electron chi connectivity index (χ0n) is 25.1. The van der Waals surface area contributed by atoms with Crippen LogP contribution in [0.25, 0.3) is 0 Å². The van der Waals surface area contributed by atoms with E-state index in [4.69, 9.17) is 14.7 Å². The fourth-order valence-electron chi connectivity index (χ4n) is 7.38. The van der Waals surface area contributed by atoms with Crippen molar-refractivity contribution in [3.63, 3.8) is 0 Å². The Morgan fingerprint density at radius 3 is 2.81 bits per heavy atom. The lowest BCUT2D eigenvalue weighted by Gasteiger charge is -2.43. The van der Waals surface area contributed by atoms with Gasteiger partial charge in [0.25, 0.3) is 0 Å². The van der Waals surface area contributed by atoms with Gasteiger partial charge in [-0.25, -0.2) is 9.37 Å². The highest BCUT2D eigenvalue weighted by Crippen LogP contribution is 2.37. The van der Waals surface area contributed by atoms with E-state index < -0.39 is 0 Å². The van der Waals surface area contributed by atoms with E-state index in [2.05, 4.69) is 32.7 Å². The van der Waals surface area contributed by atoms with E-state index in [1.54, 1.807) is 24.1 Å². The molecule has 1 amide bonds. The highest BCUT2D eigenvalue weighted by atomic mass is 19.1. The molecule has 6 rings (SSSR count). The predicted octanol–water partition coefficient (Wildman–Crippen LogP) is 2.47.